The molecule has 0 aliphatic heterocycles. The number of nitrogens with one attached hydrogen (secondary N) is 1. The fourth-order valence-electron chi connectivity index (χ4n) is 4.61. The van der Waals surface area contributed by atoms with Gasteiger partial charge in [-0.1, -0.05) is 48.5 Å². The molecule has 0 radical (unpaired) electrons. The molecule has 146 valence electrons. The minimum Gasteiger partial charge on any atom is -0.301 e. The van der Waals surface area contributed by atoms with Gasteiger partial charge in [0.25, 0.3) is 0 Å². The SMILES string of the molecule is CC1(C(=O)Nc2nccs2)Cc2ccc(C#N)cc2C1c1ccc2ccccc2c1. The van der Waals surface area contributed by atoms with Crippen molar-refractivity contribution in [2.45, 2.75) is 19.3 Å². The van der Waals surface area contributed by atoms with Crippen LogP contribution in [0.2, 0.25) is 0 Å². The minimum absolute atomic E-state index is 0.0506. The van der Waals surface area contributed by atoms with Gasteiger partial charge in [0.2, 0.25) is 5.91 Å². The third-order valence-corrected chi connectivity index (χ3v) is 6.75. The summed E-state index contributed by atoms with van der Waals surface area (Å²) in [6, 6.07) is 22.6. The summed E-state index contributed by atoms with van der Waals surface area (Å²) in [6.07, 6.45) is 2.30. The lowest BCUT2D eigenvalue weighted by molar-refractivity contribution is -0.125. The van der Waals surface area contributed by atoms with Gasteiger partial charge in [0.05, 0.1) is 17.0 Å². The lowest BCUT2D eigenvalue weighted by atomic mass is 9.73. The summed E-state index contributed by atoms with van der Waals surface area (Å²) in [4.78, 5) is 17.7. The highest BCUT2D eigenvalue weighted by Gasteiger charge is 2.49. The number of fused-ring (bicyclic) bond motifs is 2. The zero-order valence-corrected chi connectivity index (χ0v) is 17.2. The molecule has 1 aliphatic rings. The lowest BCUT2D eigenvalue weighted by Crippen LogP contribution is -2.37. The van der Waals surface area contributed by atoms with Gasteiger partial charge in [-0.3, -0.25) is 4.79 Å². The highest BCUT2D eigenvalue weighted by molar-refractivity contribution is 7.13. The van der Waals surface area contributed by atoms with Crippen molar-refractivity contribution >= 4 is 33.1 Å². The first-order chi connectivity index (χ1) is 14.6. The van der Waals surface area contributed by atoms with Crippen molar-refractivity contribution in [3.63, 3.8) is 0 Å². The van der Waals surface area contributed by atoms with E-state index < -0.39 is 5.41 Å². The number of rotatable bonds is 3. The van der Waals surface area contributed by atoms with Gasteiger partial charge >= 0.3 is 0 Å². The number of benzene rings is 3. The first kappa shape index (κ1) is 18.5. The van der Waals surface area contributed by atoms with Crippen LogP contribution in [-0.4, -0.2) is 10.9 Å². The molecule has 4 aromatic rings. The molecular weight excluding hydrogens is 390 g/mol. The molecule has 30 heavy (non-hydrogen) atoms. The van der Waals surface area contributed by atoms with E-state index >= 15 is 0 Å². The molecule has 1 N–H and O–H groups in total. The Labute approximate surface area is 178 Å². The fourth-order valence-corrected chi connectivity index (χ4v) is 5.13. The molecule has 5 heteroatoms. The van der Waals surface area contributed by atoms with E-state index in [4.69, 9.17) is 0 Å². The Morgan fingerprint density at radius 1 is 1.17 bits per heavy atom. The molecule has 0 saturated heterocycles. The highest BCUT2D eigenvalue weighted by atomic mass is 32.1. The molecule has 0 fully saturated rings. The number of carbonyl (C=O) groups is 1. The molecule has 4 nitrogen and oxygen atoms in total. The van der Waals surface area contributed by atoms with Gasteiger partial charge in [-0.2, -0.15) is 5.26 Å². The van der Waals surface area contributed by atoms with Crippen LogP contribution in [0.1, 0.15) is 35.1 Å². The number of nitrogens with zero attached hydrogens (tertiary/aromatic N) is 2. The molecule has 0 bridgehead atoms. The molecule has 1 heterocycles. The molecule has 2 unspecified atom stereocenters. The maximum absolute atomic E-state index is 13.5. The van der Waals surface area contributed by atoms with Crippen LogP contribution >= 0.6 is 11.3 Å². The average Bonchev–Trinajstić information content (AvgIpc) is 3.38. The number of thiazole rings is 1. The van der Waals surface area contributed by atoms with Crippen LogP contribution in [-0.2, 0) is 11.2 Å². The minimum atomic E-state index is -0.690. The molecule has 1 aromatic heterocycles. The van der Waals surface area contributed by atoms with Gasteiger partial charge in [0.1, 0.15) is 0 Å². The predicted octanol–water partition coefficient (Wildman–Crippen LogP) is 5.50. The maximum Gasteiger partial charge on any atom is 0.233 e. The molecule has 5 rings (SSSR count). The summed E-state index contributed by atoms with van der Waals surface area (Å²) in [6.45, 7) is 2.02. The fraction of sp³-hybridized carbons (Fsp3) is 0.160. The van der Waals surface area contributed by atoms with Crippen LogP contribution in [0.4, 0.5) is 5.13 Å². The molecule has 0 spiro atoms. The number of aromatic nitrogens is 1. The molecular formula is C25H19N3OS. The van der Waals surface area contributed by atoms with Crippen molar-refractivity contribution in [2.24, 2.45) is 5.41 Å². The van der Waals surface area contributed by atoms with Gasteiger partial charge in [-0.05, 0) is 52.9 Å². The van der Waals surface area contributed by atoms with Crippen LogP contribution in [0.25, 0.3) is 10.8 Å². The van der Waals surface area contributed by atoms with Crippen LogP contribution in [0.5, 0.6) is 0 Å². The summed E-state index contributed by atoms with van der Waals surface area (Å²) in [5.41, 5.74) is 3.18. The van der Waals surface area contributed by atoms with Gasteiger partial charge in [0, 0.05) is 17.5 Å². The summed E-state index contributed by atoms with van der Waals surface area (Å²) in [7, 11) is 0. The maximum atomic E-state index is 13.5. The number of carbonyl (C=O) groups excluding carboxylic acids is 1. The smallest absolute Gasteiger partial charge is 0.233 e. The van der Waals surface area contributed by atoms with Crippen molar-refractivity contribution in [3.05, 3.63) is 94.5 Å². The van der Waals surface area contributed by atoms with Crippen LogP contribution in [0, 0.1) is 16.7 Å². The zero-order chi connectivity index (χ0) is 20.7. The van der Waals surface area contributed by atoms with Crippen molar-refractivity contribution in [2.75, 3.05) is 5.32 Å². The second-order valence-corrected chi connectivity index (χ2v) is 8.85. The Bertz CT molecular complexity index is 1310. The Morgan fingerprint density at radius 2 is 2.00 bits per heavy atom. The van der Waals surface area contributed by atoms with E-state index in [0.29, 0.717) is 17.1 Å². The molecule has 2 atom stereocenters. The highest BCUT2D eigenvalue weighted by Crippen LogP contribution is 2.52. The number of hydrogen-bond acceptors (Lipinski definition) is 4. The van der Waals surface area contributed by atoms with E-state index in [-0.39, 0.29) is 11.8 Å². The summed E-state index contributed by atoms with van der Waals surface area (Å²) in [5, 5.41) is 17.2. The second-order valence-electron chi connectivity index (χ2n) is 7.95. The molecule has 3 aromatic carbocycles. The van der Waals surface area contributed by atoms with Crippen LogP contribution in [0.3, 0.4) is 0 Å². The van der Waals surface area contributed by atoms with Crippen LogP contribution < -0.4 is 5.32 Å². The Hall–Kier alpha value is -3.49. The van der Waals surface area contributed by atoms with E-state index in [1.807, 2.05) is 42.6 Å². The lowest BCUT2D eigenvalue weighted by Gasteiger charge is -2.31. The number of nitriles is 1. The summed E-state index contributed by atoms with van der Waals surface area (Å²) in [5.74, 6) is -0.198. The van der Waals surface area contributed by atoms with E-state index in [1.165, 1.54) is 16.7 Å². The Morgan fingerprint density at radius 3 is 2.77 bits per heavy atom. The van der Waals surface area contributed by atoms with Crippen molar-refractivity contribution in [3.8, 4) is 6.07 Å². The average molecular weight is 410 g/mol. The van der Waals surface area contributed by atoms with Crippen molar-refractivity contribution in [1.29, 1.82) is 5.26 Å². The Kier molecular flexibility index (Phi) is 4.38. The number of anilines is 1. The van der Waals surface area contributed by atoms with Gasteiger partial charge in [-0.25, -0.2) is 4.98 Å². The quantitative estimate of drug-likeness (QED) is 0.486. The van der Waals surface area contributed by atoms with Crippen molar-refractivity contribution < 1.29 is 4.79 Å². The second kappa shape index (κ2) is 7.08. The molecule has 1 aliphatic carbocycles. The van der Waals surface area contributed by atoms with E-state index in [1.54, 1.807) is 6.20 Å². The topological polar surface area (TPSA) is 65.8 Å². The largest absolute Gasteiger partial charge is 0.301 e. The van der Waals surface area contributed by atoms with E-state index in [9.17, 15) is 10.1 Å². The monoisotopic (exact) mass is 409 g/mol. The zero-order valence-electron chi connectivity index (χ0n) is 16.4. The van der Waals surface area contributed by atoms with Gasteiger partial charge in [0.15, 0.2) is 5.13 Å². The third kappa shape index (κ3) is 2.97. The normalized spacial score (nSPS) is 19.9. The first-order valence-corrected chi connectivity index (χ1v) is 10.7. The predicted molar refractivity (Wildman–Crippen MR) is 120 cm³/mol. The van der Waals surface area contributed by atoms with E-state index in [0.717, 1.165) is 22.1 Å². The third-order valence-electron chi connectivity index (χ3n) is 6.06. The summed E-state index contributed by atoms with van der Waals surface area (Å²) >= 11 is 1.41. The number of amides is 1. The molecule has 0 saturated carbocycles. The van der Waals surface area contributed by atoms with Crippen LogP contribution in [0.15, 0.2) is 72.2 Å². The van der Waals surface area contributed by atoms with Gasteiger partial charge < -0.3 is 5.32 Å². The number of hydrogen-bond donors (Lipinski definition) is 1. The summed E-state index contributed by atoms with van der Waals surface area (Å²) < 4.78 is 0. The standard InChI is InChI=1S/C25H19N3OS/c1-25(23(29)28-24-27-10-11-30-24)14-20-7-6-16(15-26)12-21(20)22(25)19-9-8-17-4-2-3-5-18(17)13-19/h2-13,22H,14H2,1H3,(H,27,28,29). The molecule has 1 amide bonds. The van der Waals surface area contributed by atoms with E-state index in [2.05, 4.69) is 46.7 Å². The van der Waals surface area contributed by atoms with Crippen molar-refractivity contribution in [1.82, 2.24) is 4.98 Å². The Balaban J connectivity index is 1.65. The van der Waals surface area contributed by atoms with Gasteiger partial charge in [-0.15, -0.1) is 11.3 Å². The first-order valence-electron chi connectivity index (χ1n) is 9.81.